The van der Waals surface area contributed by atoms with Gasteiger partial charge in [-0.15, -0.1) is 0 Å². The van der Waals surface area contributed by atoms with Gasteiger partial charge in [0.25, 0.3) is 0 Å². The highest BCUT2D eigenvalue weighted by Gasteiger charge is 2.38. The van der Waals surface area contributed by atoms with Crippen molar-refractivity contribution in [2.75, 3.05) is 0 Å². The third-order valence-electron chi connectivity index (χ3n) is 4.51. The third-order valence-corrected chi connectivity index (χ3v) is 4.75. The van der Waals surface area contributed by atoms with Crippen LogP contribution in [0.25, 0.3) is 0 Å². The highest BCUT2D eigenvalue weighted by Crippen LogP contribution is 2.46. The largest absolute Gasteiger partial charge is 0.361 e. The molecule has 2 aromatic rings. The van der Waals surface area contributed by atoms with Gasteiger partial charge in [0.15, 0.2) is 0 Å². The first-order valence-electron chi connectivity index (χ1n) is 7.32. The maximum Gasteiger partial charge on any atom is 0.138 e. The van der Waals surface area contributed by atoms with Crippen LogP contribution in [0.15, 0.2) is 22.7 Å². The van der Waals surface area contributed by atoms with Crippen LogP contribution < -0.4 is 5.32 Å². The lowest BCUT2D eigenvalue weighted by molar-refractivity contribution is 0.267. The van der Waals surface area contributed by atoms with Crippen molar-refractivity contribution in [3.8, 4) is 0 Å². The van der Waals surface area contributed by atoms with E-state index in [-0.39, 0.29) is 5.41 Å². The van der Waals surface area contributed by atoms with E-state index in [0.717, 1.165) is 35.0 Å². The van der Waals surface area contributed by atoms with E-state index >= 15 is 0 Å². The average Bonchev–Trinajstić information content (AvgIpc) is 2.85. The Morgan fingerprint density at radius 1 is 1.38 bits per heavy atom. The molecule has 1 heterocycles. The number of hydrogen-bond acceptors (Lipinski definition) is 3. The standard InChI is InChI=1S/C17H21ClN2O/c1-10-15(11(2)21-20-10)9-19-16-14-7-13(18)6-5-12(14)8-17(16,3)4/h5-7,16,19H,8-9H2,1-4H3. The second-order valence-electron chi connectivity index (χ2n) is 6.63. The smallest absolute Gasteiger partial charge is 0.138 e. The van der Waals surface area contributed by atoms with Gasteiger partial charge in [-0.05, 0) is 48.9 Å². The molecule has 0 bridgehead atoms. The van der Waals surface area contributed by atoms with Crippen LogP contribution in [0.1, 0.15) is 48.0 Å². The van der Waals surface area contributed by atoms with Gasteiger partial charge in [-0.25, -0.2) is 0 Å². The number of hydrogen-bond donors (Lipinski definition) is 1. The van der Waals surface area contributed by atoms with Crippen LogP contribution in [-0.4, -0.2) is 5.16 Å². The van der Waals surface area contributed by atoms with E-state index in [1.807, 2.05) is 19.9 Å². The number of benzene rings is 1. The van der Waals surface area contributed by atoms with Gasteiger partial charge in [0, 0.05) is 23.2 Å². The van der Waals surface area contributed by atoms with Crippen LogP contribution in [-0.2, 0) is 13.0 Å². The molecule has 0 radical (unpaired) electrons. The molecule has 0 amide bonds. The fraction of sp³-hybridized carbons (Fsp3) is 0.471. The van der Waals surface area contributed by atoms with Crippen LogP contribution in [0.3, 0.4) is 0 Å². The van der Waals surface area contributed by atoms with Crippen molar-refractivity contribution >= 4 is 11.6 Å². The summed E-state index contributed by atoms with van der Waals surface area (Å²) in [5.41, 5.74) is 5.00. The minimum absolute atomic E-state index is 0.173. The molecule has 1 aromatic heterocycles. The molecule has 1 aliphatic rings. The van der Waals surface area contributed by atoms with Crippen molar-refractivity contribution in [2.24, 2.45) is 5.41 Å². The van der Waals surface area contributed by atoms with Crippen molar-refractivity contribution in [1.29, 1.82) is 0 Å². The molecule has 1 N–H and O–H groups in total. The van der Waals surface area contributed by atoms with E-state index in [1.54, 1.807) is 0 Å². The van der Waals surface area contributed by atoms with Gasteiger partial charge in [0.05, 0.1) is 5.69 Å². The predicted octanol–water partition coefficient (Wildman–Crippen LogP) is 4.36. The first-order chi connectivity index (χ1) is 9.88. The SMILES string of the molecule is Cc1noc(C)c1CNC1c2cc(Cl)ccc2CC1(C)C. The van der Waals surface area contributed by atoms with Gasteiger partial charge in [0.2, 0.25) is 0 Å². The van der Waals surface area contributed by atoms with E-state index in [0.29, 0.717) is 6.04 Å². The number of aryl methyl sites for hydroxylation is 2. The van der Waals surface area contributed by atoms with Crippen molar-refractivity contribution in [3.05, 3.63) is 51.4 Å². The van der Waals surface area contributed by atoms with Gasteiger partial charge >= 0.3 is 0 Å². The van der Waals surface area contributed by atoms with Crippen molar-refractivity contribution in [1.82, 2.24) is 10.5 Å². The van der Waals surface area contributed by atoms with Gasteiger partial charge < -0.3 is 9.84 Å². The molecule has 3 nitrogen and oxygen atoms in total. The molecular weight excluding hydrogens is 284 g/mol. The minimum Gasteiger partial charge on any atom is -0.361 e. The molecule has 1 aromatic carbocycles. The van der Waals surface area contributed by atoms with Crippen LogP contribution in [0, 0.1) is 19.3 Å². The van der Waals surface area contributed by atoms with Crippen LogP contribution >= 0.6 is 11.6 Å². The van der Waals surface area contributed by atoms with Crippen LogP contribution in [0.2, 0.25) is 5.02 Å². The number of aromatic nitrogens is 1. The number of rotatable bonds is 3. The predicted molar refractivity (Wildman–Crippen MR) is 84.5 cm³/mol. The third kappa shape index (κ3) is 2.60. The Balaban J connectivity index is 1.86. The zero-order valence-corrected chi connectivity index (χ0v) is 13.7. The Bertz CT molecular complexity index is 656. The molecule has 4 heteroatoms. The fourth-order valence-electron chi connectivity index (χ4n) is 3.35. The highest BCUT2D eigenvalue weighted by atomic mass is 35.5. The van der Waals surface area contributed by atoms with E-state index in [1.165, 1.54) is 11.1 Å². The number of nitrogens with one attached hydrogen (secondary N) is 1. The Morgan fingerprint density at radius 3 is 2.81 bits per heavy atom. The summed E-state index contributed by atoms with van der Waals surface area (Å²) >= 11 is 6.18. The average molecular weight is 305 g/mol. The van der Waals surface area contributed by atoms with Crippen LogP contribution in [0.5, 0.6) is 0 Å². The number of fused-ring (bicyclic) bond motifs is 1. The van der Waals surface area contributed by atoms with Gasteiger partial charge in [-0.3, -0.25) is 0 Å². The molecule has 1 aliphatic carbocycles. The second kappa shape index (κ2) is 5.15. The molecule has 3 rings (SSSR count). The maximum absolute atomic E-state index is 6.18. The lowest BCUT2D eigenvalue weighted by Gasteiger charge is -2.28. The lowest BCUT2D eigenvalue weighted by atomic mass is 9.85. The maximum atomic E-state index is 6.18. The molecule has 112 valence electrons. The van der Waals surface area contributed by atoms with Gasteiger partial charge in [-0.2, -0.15) is 0 Å². The topological polar surface area (TPSA) is 38.1 Å². The molecule has 1 atom stereocenters. The Hall–Kier alpha value is -1.32. The van der Waals surface area contributed by atoms with E-state index < -0.39 is 0 Å². The zero-order chi connectivity index (χ0) is 15.2. The van der Waals surface area contributed by atoms with E-state index in [4.69, 9.17) is 16.1 Å². The number of nitrogens with zero attached hydrogens (tertiary/aromatic N) is 1. The van der Waals surface area contributed by atoms with Gasteiger partial charge in [-0.1, -0.05) is 36.7 Å². The summed E-state index contributed by atoms with van der Waals surface area (Å²) in [5.74, 6) is 0.891. The van der Waals surface area contributed by atoms with Crippen molar-refractivity contribution in [3.63, 3.8) is 0 Å². The molecule has 0 saturated carbocycles. The first kappa shape index (κ1) is 14.6. The normalized spacial score (nSPS) is 19.8. The van der Waals surface area contributed by atoms with Crippen molar-refractivity contribution in [2.45, 2.75) is 46.7 Å². The molecule has 0 fully saturated rings. The Labute approximate surface area is 130 Å². The molecule has 21 heavy (non-hydrogen) atoms. The fourth-order valence-corrected chi connectivity index (χ4v) is 3.53. The minimum atomic E-state index is 0.173. The Kier molecular flexibility index (Phi) is 3.58. The molecule has 0 spiro atoms. The van der Waals surface area contributed by atoms with Crippen LogP contribution in [0.4, 0.5) is 0 Å². The summed E-state index contributed by atoms with van der Waals surface area (Å²) < 4.78 is 5.24. The van der Waals surface area contributed by atoms with E-state index in [2.05, 4.69) is 36.5 Å². The van der Waals surface area contributed by atoms with Crippen molar-refractivity contribution < 1.29 is 4.52 Å². The highest BCUT2D eigenvalue weighted by molar-refractivity contribution is 6.30. The summed E-state index contributed by atoms with van der Waals surface area (Å²) in [7, 11) is 0. The summed E-state index contributed by atoms with van der Waals surface area (Å²) in [6, 6.07) is 6.51. The molecular formula is C17H21ClN2O. The quantitative estimate of drug-likeness (QED) is 0.915. The molecule has 1 unspecified atom stereocenters. The van der Waals surface area contributed by atoms with Gasteiger partial charge in [0.1, 0.15) is 5.76 Å². The lowest BCUT2D eigenvalue weighted by Crippen LogP contribution is -2.31. The summed E-state index contributed by atoms with van der Waals surface area (Å²) in [6.07, 6.45) is 1.07. The monoisotopic (exact) mass is 304 g/mol. The Morgan fingerprint density at radius 2 is 2.14 bits per heavy atom. The first-order valence-corrected chi connectivity index (χ1v) is 7.70. The molecule has 0 aliphatic heterocycles. The summed E-state index contributed by atoms with van der Waals surface area (Å²) in [6.45, 7) is 9.30. The molecule has 0 saturated heterocycles. The summed E-state index contributed by atoms with van der Waals surface area (Å²) in [5, 5.41) is 8.50. The number of halogens is 1. The van der Waals surface area contributed by atoms with E-state index in [9.17, 15) is 0 Å². The second-order valence-corrected chi connectivity index (χ2v) is 7.06. The zero-order valence-electron chi connectivity index (χ0n) is 13.0. The summed E-state index contributed by atoms with van der Waals surface area (Å²) in [4.78, 5) is 0.